The zero-order valence-electron chi connectivity index (χ0n) is 14.1. The minimum Gasteiger partial charge on any atom is -0.381 e. The third-order valence-corrected chi connectivity index (χ3v) is 5.70. The van der Waals surface area contributed by atoms with E-state index in [-0.39, 0.29) is 23.3 Å². The van der Waals surface area contributed by atoms with Gasteiger partial charge in [0, 0.05) is 37.8 Å². The summed E-state index contributed by atoms with van der Waals surface area (Å²) in [5.41, 5.74) is -1.94. The van der Waals surface area contributed by atoms with Gasteiger partial charge in [0.25, 0.3) is 5.91 Å². The van der Waals surface area contributed by atoms with Crippen molar-refractivity contribution in [2.24, 2.45) is 11.3 Å². The number of carbonyl (C=O) groups is 2. The summed E-state index contributed by atoms with van der Waals surface area (Å²) in [6.07, 6.45) is 2.92. The number of hydrogen-bond donors (Lipinski definition) is 1. The highest BCUT2D eigenvalue weighted by molar-refractivity contribution is 5.88. The lowest BCUT2D eigenvalue weighted by atomic mass is 9.71. The molecule has 5 nitrogen and oxygen atoms in total. The first-order valence-electron chi connectivity index (χ1n) is 8.73. The molecule has 1 atom stereocenters. The molecule has 1 spiro atoms. The van der Waals surface area contributed by atoms with Crippen LogP contribution in [0.15, 0.2) is 0 Å². The molecule has 23 heavy (non-hydrogen) atoms. The Kier molecular flexibility index (Phi) is 4.38. The maximum Gasteiger partial charge on any atom is 0.260 e. The molecule has 3 rings (SSSR count). The monoisotopic (exact) mass is 326 g/mol. The molecule has 0 bridgehead atoms. The van der Waals surface area contributed by atoms with Crippen molar-refractivity contribution < 1.29 is 18.7 Å². The van der Waals surface area contributed by atoms with Gasteiger partial charge in [-0.2, -0.15) is 0 Å². The summed E-state index contributed by atoms with van der Waals surface area (Å²) in [4.78, 5) is 26.8. The van der Waals surface area contributed by atoms with Crippen molar-refractivity contribution in [3.8, 4) is 0 Å². The van der Waals surface area contributed by atoms with E-state index in [1.54, 1.807) is 4.90 Å². The molecule has 0 aromatic carbocycles. The van der Waals surface area contributed by atoms with Gasteiger partial charge in [-0.25, -0.2) is 4.39 Å². The quantitative estimate of drug-likeness (QED) is 0.858. The van der Waals surface area contributed by atoms with Gasteiger partial charge in [0.2, 0.25) is 5.91 Å². The van der Waals surface area contributed by atoms with Crippen molar-refractivity contribution >= 4 is 11.8 Å². The van der Waals surface area contributed by atoms with Crippen LogP contribution in [0.4, 0.5) is 4.39 Å². The number of halogens is 1. The van der Waals surface area contributed by atoms with E-state index < -0.39 is 11.6 Å². The van der Waals surface area contributed by atoms with Gasteiger partial charge in [0.05, 0.1) is 5.92 Å². The smallest absolute Gasteiger partial charge is 0.260 e. The fourth-order valence-electron chi connectivity index (χ4n) is 4.14. The Labute approximate surface area is 136 Å². The molecule has 3 fully saturated rings. The highest BCUT2D eigenvalue weighted by Gasteiger charge is 2.56. The summed E-state index contributed by atoms with van der Waals surface area (Å²) in [6.45, 7) is 5.89. The van der Waals surface area contributed by atoms with E-state index in [4.69, 9.17) is 4.74 Å². The minimum atomic E-state index is -1.68. The first kappa shape index (κ1) is 16.7. The van der Waals surface area contributed by atoms with E-state index in [2.05, 4.69) is 5.32 Å². The molecule has 0 aromatic heterocycles. The van der Waals surface area contributed by atoms with Crippen LogP contribution < -0.4 is 5.32 Å². The molecule has 2 aliphatic heterocycles. The van der Waals surface area contributed by atoms with Crippen molar-refractivity contribution in [2.45, 2.75) is 57.7 Å². The third-order valence-electron chi connectivity index (χ3n) is 5.70. The summed E-state index contributed by atoms with van der Waals surface area (Å²) >= 11 is 0. The van der Waals surface area contributed by atoms with Gasteiger partial charge in [-0.15, -0.1) is 0 Å². The Morgan fingerprint density at radius 3 is 2.39 bits per heavy atom. The van der Waals surface area contributed by atoms with Crippen LogP contribution in [0.5, 0.6) is 0 Å². The van der Waals surface area contributed by atoms with E-state index >= 15 is 0 Å². The zero-order valence-corrected chi connectivity index (χ0v) is 14.1. The number of nitrogens with zero attached hydrogens (tertiary/aromatic N) is 1. The molecule has 1 unspecified atom stereocenters. The maximum absolute atomic E-state index is 14.5. The second kappa shape index (κ2) is 6.04. The number of alkyl halides is 1. The van der Waals surface area contributed by atoms with Gasteiger partial charge < -0.3 is 15.0 Å². The second-order valence-electron chi connectivity index (χ2n) is 7.70. The fraction of sp³-hybridized carbons (Fsp3) is 0.882. The molecule has 3 aliphatic rings. The molecule has 6 heteroatoms. The standard InChI is InChI=1S/C17H27FN2O3/c1-12(2)19-14(21)13-10-20(15(22)17(18)4-3-5-17)11-16(13)6-8-23-9-7-16/h12-13H,3-11H2,1-2H3,(H,19,21). The molecule has 2 saturated heterocycles. The lowest BCUT2D eigenvalue weighted by molar-refractivity contribution is -0.149. The molecule has 1 N–H and O–H groups in total. The SMILES string of the molecule is CC(C)NC(=O)C1CN(C(=O)C2(F)CCC2)CC12CCOCC2. The lowest BCUT2D eigenvalue weighted by Crippen LogP contribution is -2.50. The van der Waals surface area contributed by atoms with Crippen LogP contribution in [0.25, 0.3) is 0 Å². The molecule has 0 aromatic rings. The van der Waals surface area contributed by atoms with Crippen LogP contribution in [0.2, 0.25) is 0 Å². The average molecular weight is 326 g/mol. The van der Waals surface area contributed by atoms with Crippen molar-refractivity contribution in [1.82, 2.24) is 10.2 Å². The van der Waals surface area contributed by atoms with Crippen LogP contribution in [-0.2, 0) is 14.3 Å². The molecule has 2 heterocycles. The summed E-state index contributed by atoms with van der Waals surface area (Å²) in [5, 5.41) is 2.97. The van der Waals surface area contributed by atoms with Gasteiger partial charge in [-0.3, -0.25) is 9.59 Å². The Morgan fingerprint density at radius 1 is 1.22 bits per heavy atom. The topological polar surface area (TPSA) is 58.6 Å². The summed E-state index contributed by atoms with van der Waals surface area (Å²) < 4.78 is 20.0. The van der Waals surface area contributed by atoms with E-state index in [0.29, 0.717) is 39.1 Å². The van der Waals surface area contributed by atoms with Gasteiger partial charge >= 0.3 is 0 Å². The summed E-state index contributed by atoms with van der Waals surface area (Å²) in [5.74, 6) is -0.686. The summed E-state index contributed by atoms with van der Waals surface area (Å²) in [6, 6.07) is 0.0586. The van der Waals surface area contributed by atoms with Crippen LogP contribution >= 0.6 is 0 Å². The predicted octanol–water partition coefficient (Wildman–Crippen LogP) is 1.66. The van der Waals surface area contributed by atoms with Crippen LogP contribution in [-0.4, -0.2) is 54.7 Å². The van der Waals surface area contributed by atoms with Crippen molar-refractivity contribution in [3.05, 3.63) is 0 Å². The Morgan fingerprint density at radius 2 is 1.87 bits per heavy atom. The van der Waals surface area contributed by atoms with Crippen molar-refractivity contribution in [1.29, 1.82) is 0 Å². The highest BCUT2D eigenvalue weighted by Crippen LogP contribution is 2.47. The fourth-order valence-corrected chi connectivity index (χ4v) is 4.14. The molecular formula is C17H27FN2O3. The van der Waals surface area contributed by atoms with Gasteiger partial charge in [0.1, 0.15) is 0 Å². The van der Waals surface area contributed by atoms with Crippen molar-refractivity contribution in [2.75, 3.05) is 26.3 Å². The van der Waals surface area contributed by atoms with Crippen molar-refractivity contribution in [3.63, 3.8) is 0 Å². The van der Waals surface area contributed by atoms with E-state index in [0.717, 1.165) is 19.3 Å². The van der Waals surface area contributed by atoms with E-state index in [1.807, 2.05) is 13.8 Å². The number of rotatable bonds is 3. The zero-order chi connectivity index (χ0) is 16.7. The lowest BCUT2D eigenvalue weighted by Gasteiger charge is -2.38. The number of likely N-dealkylation sites (tertiary alicyclic amines) is 1. The van der Waals surface area contributed by atoms with E-state index in [9.17, 15) is 14.0 Å². The number of amides is 2. The highest BCUT2D eigenvalue weighted by atomic mass is 19.1. The molecule has 1 aliphatic carbocycles. The van der Waals surface area contributed by atoms with Crippen LogP contribution in [0.1, 0.15) is 46.0 Å². The average Bonchev–Trinajstić information content (AvgIpc) is 2.83. The number of carbonyl (C=O) groups excluding carboxylic acids is 2. The predicted molar refractivity (Wildman–Crippen MR) is 83.5 cm³/mol. The van der Waals surface area contributed by atoms with E-state index in [1.165, 1.54) is 0 Å². The maximum atomic E-state index is 14.5. The largest absolute Gasteiger partial charge is 0.381 e. The van der Waals surface area contributed by atoms with Gasteiger partial charge in [0.15, 0.2) is 5.67 Å². The normalized spacial score (nSPS) is 28.7. The Bertz CT molecular complexity index is 484. The molecule has 2 amide bonds. The first-order valence-corrected chi connectivity index (χ1v) is 8.73. The van der Waals surface area contributed by atoms with Crippen LogP contribution in [0.3, 0.4) is 0 Å². The Balaban J connectivity index is 1.78. The van der Waals surface area contributed by atoms with Gasteiger partial charge in [-0.1, -0.05) is 0 Å². The molecule has 0 radical (unpaired) electrons. The first-order chi connectivity index (χ1) is 10.9. The number of ether oxygens (including phenoxy) is 1. The number of nitrogens with one attached hydrogen (secondary N) is 1. The second-order valence-corrected chi connectivity index (χ2v) is 7.70. The Hall–Kier alpha value is -1.17. The molecule has 1 saturated carbocycles. The number of hydrogen-bond acceptors (Lipinski definition) is 3. The van der Waals surface area contributed by atoms with Crippen LogP contribution in [0, 0.1) is 11.3 Å². The van der Waals surface area contributed by atoms with Gasteiger partial charge in [-0.05, 0) is 46.0 Å². The summed E-state index contributed by atoms with van der Waals surface area (Å²) in [7, 11) is 0. The molecule has 130 valence electrons. The molecular weight excluding hydrogens is 299 g/mol. The minimum absolute atomic E-state index is 0.0151. The third kappa shape index (κ3) is 2.97.